The number of halogens is 10. The van der Waals surface area contributed by atoms with Crippen LogP contribution in [-0.2, 0) is 12.1 Å². The largest absolute Gasteiger partial charge is 0.457 e. The van der Waals surface area contributed by atoms with Gasteiger partial charge in [-0.15, -0.1) is 0 Å². The zero-order valence-corrected chi connectivity index (χ0v) is 15.8. The summed E-state index contributed by atoms with van der Waals surface area (Å²) in [4.78, 5) is 0. The zero-order valence-electron chi connectivity index (χ0n) is 15.8. The lowest BCUT2D eigenvalue weighted by molar-refractivity contribution is -0.389. The van der Waals surface area contributed by atoms with Crippen molar-refractivity contribution in [2.75, 3.05) is 0 Å². The van der Waals surface area contributed by atoms with Crippen LogP contribution in [0.5, 0.6) is 0 Å². The maximum Gasteiger partial charge on any atom is 0.457 e. The van der Waals surface area contributed by atoms with E-state index in [1.807, 2.05) is 0 Å². The molecule has 0 saturated heterocycles. The molecule has 1 atom stereocenters. The van der Waals surface area contributed by atoms with Gasteiger partial charge in [-0.25, -0.2) is 8.78 Å². The molecule has 31 heavy (non-hydrogen) atoms. The van der Waals surface area contributed by atoms with Gasteiger partial charge in [-0.2, -0.15) is 40.4 Å². The van der Waals surface area contributed by atoms with Crippen molar-refractivity contribution in [2.45, 2.75) is 44.2 Å². The molecule has 0 aliphatic carbocycles. The molecule has 0 aliphatic rings. The van der Waals surface area contributed by atoms with E-state index in [0.717, 1.165) is 25.1 Å². The van der Waals surface area contributed by atoms with E-state index in [2.05, 4.69) is 0 Å². The van der Waals surface area contributed by atoms with E-state index < -0.39 is 46.5 Å². The van der Waals surface area contributed by atoms with E-state index in [1.165, 1.54) is 13.0 Å². The van der Waals surface area contributed by atoms with Crippen LogP contribution < -0.4 is 0 Å². The Hall–Kier alpha value is -2.77. The van der Waals surface area contributed by atoms with Gasteiger partial charge in [-0.1, -0.05) is 30.7 Å². The summed E-state index contributed by atoms with van der Waals surface area (Å²) in [5.74, 6) is -8.28. The highest BCUT2D eigenvalue weighted by Gasteiger charge is 2.82. The quantitative estimate of drug-likeness (QED) is 0.447. The van der Waals surface area contributed by atoms with Gasteiger partial charge in [0.05, 0.1) is 11.6 Å². The third-order valence-corrected chi connectivity index (χ3v) is 4.66. The first-order chi connectivity index (χ1) is 14.0. The van der Waals surface area contributed by atoms with E-state index in [1.54, 1.807) is 0 Å². The third-order valence-electron chi connectivity index (χ3n) is 4.66. The molecule has 2 aromatic rings. The van der Waals surface area contributed by atoms with Crippen molar-refractivity contribution in [3.05, 3.63) is 58.4 Å². The molecule has 1 nitrogen and oxygen atoms in total. The Morgan fingerprint density at radius 1 is 0.871 bits per heavy atom. The van der Waals surface area contributed by atoms with Crippen molar-refractivity contribution < 1.29 is 43.9 Å². The first kappa shape index (κ1) is 24.5. The minimum absolute atomic E-state index is 0.194. The van der Waals surface area contributed by atoms with Crippen LogP contribution >= 0.6 is 0 Å². The van der Waals surface area contributed by atoms with Crippen LogP contribution in [0.4, 0.5) is 43.9 Å². The van der Waals surface area contributed by atoms with Gasteiger partial charge in [0, 0.05) is 11.1 Å². The second kappa shape index (κ2) is 7.73. The zero-order chi connectivity index (χ0) is 24.0. The monoisotopic (exact) mass is 457 g/mol. The summed E-state index contributed by atoms with van der Waals surface area (Å²) < 4.78 is 138. The number of nitriles is 1. The maximum atomic E-state index is 15.3. The Morgan fingerprint density at radius 2 is 1.45 bits per heavy atom. The Morgan fingerprint density at radius 3 is 1.87 bits per heavy atom. The second-order valence-electron chi connectivity index (χ2n) is 6.73. The van der Waals surface area contributed by atoms with Gasteiger partial charge in [-0.3, -0.25) is 0 Å². The molecule has 1 unspecified atom stereocenters. The van der Waals surface area contributed by atoms with Gasteiger partial charge in [-0.05, 0) is 36.6 Å². The van der Waals surface area contributed by atoms with Crippen molar-refractivity contribution in [3.8, 4) is 17.2 Å². The Balaban J connectivity index is 3.09. The van der Waals surface area contributed by atoms with Gasteiger partial charge in [0.15, 0.2) is 0 Å². The number of benzene rings is 2. The molecular weight excluding hydrogens is 444 g/mol. The summed E-state index contributed by atoms with van der Waals surface area (Å²) >= 11 is 0. The van der Waals surface area contributed by atoms with Gasteiger partial charge in [0.2, 0.25) is 0 Å². The van der Waals surface area contributed by atoms with Crippen LogP contribution in [0.15, 0.2) is 30.3 Å². The summed E-state index contributed by atoms with van der Waals surface area (Å²) in [7, 11) is 0. The average molecular weight is 457 g/mol. The Labute approximate surface area is 169 Å². The van der Waals surface area contributed by atoms with E-state index in [0.29, 0.717) is 6.07 Å². The van der Waals surface area contributed by atoms with Crippen LogP contribution in [0, 0.1) is 24.1 Å². The number of hydrogen-bond acceptors (Lipinski definition) is 1. The van der Waals surface area contributed by atoms with Crippen LogP contribution in [0.25, 0.3) is 11.1 Å². The summed E-state index contributed by atoms with van der Waals surface area (Å²) in [5.41, 5.74) is -11.0. The van der Waals surface area contributed by atoms with Crippen LogP contribution in [0.1, 0.15) is 29.2 Å². The number of aryl methyl sites for hydroxylation is 2. The topological polar surface area (TPSA) is 23.8 Å². The molecule has 0 fully saturated rings. The molecule has 168 valence electrons. The Kier molecular flexibility index (Phi) is 6.11. The summed E-state index contributed by atoms with van der Waals surface area (Å²) in [6.07, 6.45) is -13.9. The smallest absolute Gasteiger partial charge is 0.221 e. The number of alkyl halides is 9. The highest BCUT2D eigenvalue weighted by Crippen LogP contribution is 2.60. The van der Waals surface area contributed by atoms with Gasteiger partial charge >= 0.3 is 23.9 Å². The van der Waals surface area contributed by atoms with Crippen molar-refractivity contribution in [1.82, 2.24) is 0 Å². The molecule has 0 heterocycles. The molecule has 2 rings (SSSR count). The van der Waals surface area contributed by atoms with Crippen molar-refractivity contribution in [1.29, 1.82) is 5.26 Å². The third kappa shape index (κ3) is 3.83. The molecule has 0 spiro atoms. The minimum Gasteiger partial charge on any atom is -0.221 e. The van der Waals surface area contributed by atoms with Crippen LogP contribution in [0.3, 0.4) is 0 Å². The average Bonchev–Trinajstić information content (AvgIpc) is 2.64. The van der Waals surface area contributed by atoms with E-state index >= 15 is 4.39 Å². The molecule has 0 aliphatic heterocycles. The molecule has 0 radical (unpaired) electrons. The molecule has 2 aromatic carbocycles. The van der Waals surface area contributed by atoms with Gasteiger partial charge in [0.1, 0.15) is 5.82 Å². The van der Waals surface area contributed by atoms with Crippen molar-refractivity contribution in [3.63, 3.8) is 0 Å². The molecule has 0 saturated carbocycles. The predicted molar refractivity (Wildman–Crippen MR) is 90.5 cm³/mol. The van der Waals surface area contributed by atoms with E-state index in [9.17, 15) is 39.5 Å². The summed E-state index contributed by atoms with van der Waals surface area (Å²) in [6.45, 7) is 2.39. The number of hydrogen-bond donors (Lipinski definition) is 0. The molecule has 0 N–H and O–H groups in total. The molecular formula is C20H13F10N. The summed E-state index contributed by atoms with van der Waals surface area (Å²) in [5, 5.41) is 8.80. The first-order valence-corrected chi connectivity index (χ1v) is 8.57. The van der Waals surface area contributed by atoms with Gasteiger partial charge < -0.3 is 0 Å². The highest BCUT2D eigenvalue weighted by molar-refractivity contribution is 5.74. The van der Waals surface area contributed by atoms with E-state index in [-0.39, 0.29) is 29.2 Å². The summed E-state index contributed by atoms with van der Waals surface area (Å²) in [6, 6.07) is 5.04. The lowest BCUT2D eigenvalue weighted by Gasteiger charge is -2.38. The molecule has 0 bridgehead atoms. The van der Waals surface area contributed by atoms with Crippen molar-refractivity contribution >= 4 is 0 Å². The van der Waals surface area contributed by atoms with Crippen LogP contribution in [-0.4, -0.2) is 18.3 Å². The fourth-order valence-electron chi connectivity index (χ4n) is 3.21. The Bertz CT molecular complexity index is 1030. The molecule has 11 heteroatoms. The lowest BCUT2D eigenvalue weighted by atomic mass is 9.79. The fourth-order valence-corrected chi connectivity index (χ4v) is 3.21. The van der Waals surface area contributed by atoms with E-state index in [4.69, 9.17) is 5.26 Å². The number of rotatable bonds is 4. The number of nitrogens with zero attached hydrogens (tertiary/aromatic N) is 1. The SMILES string of the molecule is CCc1cc(C)cc(C(F)(C(F)(F)F)C(F)(F)C(F)(F)F)c1-c1ccc(C#N)cc1F. The second-order valence-corrected chi connectivity index (χ2v) is 6.73. The standard InChI is InChI=1S/C20H13F10N/c1-3-12-6-10(2)7-14(16(12)13-5-4-11(9-31)8-15(13)21)17(22,19(25,26)27)18(23,24)20(28,29)30/h4-8H,3H2,1-2H3. The fraction of sp³-hybridized carbons (Fsp3) is 0.350. The maximum absolute atomic E-state index is 15.3. The normalized spacial score (nSPS) is 14.8. The van der Waals surface area contributed by atoms with Crippen LogP contribution in [0.2, 0.25) is 0 Å². The van der Waals surface area contributed by atoms with Gasteiger partial charge in [0.25, 0.3) is 0 Å². The predicted octanol–water partition coefficient (Wildman–Crippen LogP) is 7.16. The minimum atomic E-state index is -6.91. The highest BCUT2D eigenvalue weighted by atomic mass is 19.4. The lowest BCUT2D eigenvalue weighted by Crippen LogP contribution is -2.60. The van der Waals surface area contributed by atoms with Crippen molar-refractivity contribution in [2.24, 2.45) is 0 Å². The first-order valence-electron chi connectivity index (χ1n) is 8.57. The molecule has 0 aromatic heterocycles. The molecule has 0 amide bonds.